The lowest BCUT2D eigenvalue weighted by atomic mass is 10.2. The van der Waals surface area contributed by atoms with Crippen LogP contribution >= 0.6 is 0 Å². The second-order valence-electron chi connectivity index (χ2n) is 4.89. The molecule has 0 bridgehead atoms. The standard InChI is InChI=1S/C17H19NO5S/c1-4-23-13-9-11-14(12-10-13)24(20,21)18(2)16-8-6-5-7-15(16)17(19)22-3/h5-12H,4H2,1-3H3. The number of para-hydroxylation sites is 1. The van der Waals surface area contributed by atoms with E-state index in [9.17, 15) is 13.2 Å². The van der Waals surface area contributed by atoms with Crippen LogP contribution in [0.2, 0.25) is 0 Å². The summed E-state index contributed by atoms with van der Waals surface area (Å²) < 4.78 is 36.7. The zero-order valence-electron chi connectivity index (χ0n) is 13.7. The molecule has 0 atom stereocenters. The Labute approximate surface area is 141 Å². The Kier molecular flexibility index (Phi) is 5.46. The fourth-order valence-corrected chi connectivity index (χ4v) is 3.41. The van der Waals surface area contributed by atoms with Crippen LogP contribution in [-0.4, -0.2) is 35.2 Å². The molecule has 0 aromatic heterocycles. The Morgan fingerprint density at radius 1 is 1.08 bits per heavy atom. The predicted octanol–water partition coefficient (Wildman–Crippen LogP) is 2.70. The van der Waals surface area contributed by atoms with Gasteiger partial charge in [0.05, 0.1) is 29.9 Å². The molecule has 0 radical (unpaired) electrons. The summed E-state index contributed by atoms with van der Waals surface area (Å²) in [6.07, 6.45) is 0. The van der Waals surface area contributed by atoms with Crippen LogP contribution in [0.5, 0.6) is 5.75 Å². The zero-order valence-corrected chi connectivity index (χ0v) is 14.5. The van der Waals surface area contributed by atoms with Gasteiger partial charge in [-0.15, -0.1) is 0 Å². The van der Waals surface area contributed by atoms with E-state index in [0.29, 0.717) is 12.4 Å². The minimum absolute atomic E-state index is 0.105. The molecule has 0 spiro atoms. The Balaban J connectivity index is 2.41. The van der Waals surface area contributed by atoms with Crippen LogP contribution in [0, 0.1) is 0 Å². The Hall–Kier alpha value is -2.54. The van der Waals surface area contributed by atoms with E-state index in [2.05, 4.69) is 0 Å². The summed E-state index contributed by atoms with van der Waals surface area (Å²) in [6.45, 7) is 2.35. The maximum absolute atomic E-state index is 12.8. The summed E-state index contributed by atoms with van der Waals surface area (Å²) in [5.74, 6) is -0.00610. The van der Waals surface area contributed by atoms with Crippen molar-refractivity contribution in [3.05, 3.63) is 54.1 Å². The van der Waals surface area contributed by atoms with Gasteiger partial charge in [-0.3, -0.25) is 4.31 Å². The average Bonchev–Trinajstić information content (AvgIpc) is 2.61. The van der Waals surface area contributed by atoms with E-state index in [4.69, 9.17) is 9.47 Å². The largest absolute Gasteiger partial charge is 0.494 e. The maximum atomic E-state index is 12.8. The molecule has 128 valence electrons. The van der Waals surface area contributed by atoms with Gasteiger partial charge in [-0.2, -0.15) is 0 Å². The van der Waals surface area contributed by atoms with Gasteiger partial charge in [-0.05, 0) is 43.3 Å². The van der Waals surface area contributed by atoms with Crippen LogP contribution in [0.3, 0.4) is 0 Å². The number of esters is 1. The van der Waals surface area contributed by atoms with E-state index < -0.39 is 16.0 Å². The molecule has 0 amide bonds. The first-order chi connectivity index (χ1) is 11.4. The molecule has 2 aromatic rings. The molecule has 0 fully saturated rings. The number of rotatable bonds is 6. The second kappa shape index (κ2) is 7.35. The van der Waals surface area contributed by atoms with Crippen molar-refractivity contribution in [3.63, 3.8) is 0 Å². The highest BCUT2D eigenvalue weighted by atomic mass is 32.2. The Bertz CT molecular complexity index is 815. The third-order valence-corrected chi connectivity index (χ3v) is 5.23. The summed E-state index contributed by atoms with van der Waals surface area (Å²) >= 11 is 0. The van der Waals surface area contributed by atoms with Gasteiger partial charge in [0.1, 0.15) is 5.75 Å². The fraction of sp³-hybridized carbons (Fsp3) is 0.235. The van der Waals surface area contributed by atoms with E-state index >= 15 is 0 Å². The van der Waals surface area contributed by atoms with E-state index in [-0.39, 0.29) is 16.1 Å². The molecule has 0 unspecified atom stereocenters. The van der Waals surface area contributed by atoms with Gasteiger partial charge >= 0.3 is 5.97 Å². The van der Waals surface area contributed by atoms with Crippen LogP contribution in [0.4, 0.5) is 5.69 Å². The number of benzene rings is 2. The van der Waals surface area contributed by atoms with Gasteiger partial charge in [0.25, 0.3) is 10.0 Å². The molecule has 0 heterocycles. The molecule has 24 heavy (non-hydrogen) atoms. The van der Waals surface area contributed by atoms with Crippen molar-refractivity contribution in [1.82, 2.24) is 0 Å². The molecule has 0 saturated heterocycles. The number of nitrogens with zero attached hydrogens (tertiary/aromatic N) is 1. The fourth-order valence-electron chi connectivity index (χ4n) is 2.19. The van der Waals surface area contributed by atoms with E-state index in [0.717, 1.165) is 4.31 Å². The SMILES string of the molecule is CCOc1ccc(S(=O)(=O)N(C)c2ccccc2C(=O)OC)cc1. The van der Waals surface area contributed by atoms with Gasteiger partial charge in [0.15, 0.2) is 0 Å². The average molecular weight is 349 g/mol. The quantitative estimate of drug-likeness (QED) is 0.750. The van der Waals surface area contributed by atoms with Crippen LogP contribution in [0.25, 0.3) is 0 Å². The number of carbonyl (C=O) groups excluding carboxylic acids is 1. The molecule has 6 nitrogen and oxygen atoms in total. The first-order valence-corrected chi connectivity index (χ1v) is 8.75. The van der Waals surface area contributed by atoms with E-state index in [1.165, 1.54) is 32.4 Å². The third kappa shape index (κ3) is 3.51. The smallest absolute Gasteiger partial charge is 0.340 e. The second-order valence-corrected chi connectivity index (χ2v) is 6.85. The van der Waals surface area contributed by atoms with Crippen LogP contribution in [0.15, 0.2) is 53.4 Å². The molecule has 0 aliphatic carbocycles. The summed E-state index contributed by atoms with van der Waals surface area (Å²) in [5, 5.41) is 0. The number of anilines is 1. The minimum Gasteiger partial charge on any atom is -0.494 e. The van der Waals surface area contributed by atoms with Crippen LogP contribution < -0.4 is 9.04 Å². The topological polar surface area (TPSA) is 72.9 Å². The Morgan fingerprint density at radius 2 is 1.71 bits per heavy atom. The van der Waals surface area contributed by atoms with Gasteiger partial charge in [-0.1, -0.05) is 12.1 Å². The van der Waals surface area contributed by atoms with Crippen molar-refractivity contribution in [2.24, 2.45) is 0 Å². The predicted molar refractivity (Wildman–Crippen MR) is 91.0 cm³/mol. The first kappa shape index (κ1) is 17.8. The first-order valence-electron chi connectivity index (χ1n) is 7.31. The number of hydrogen-bond acceptors (Lipinski definition) is 5. The van der Waals surface area contributed by atoms with Gasteiger partial charge in [-0.25, -0.2) is 13.2 Å². The van der Waals surface area contributed by atoms with E-state index in [1.54, 1.807) is 30.3 Å². The molecule has 0 aliphatic rings. The van der Waals surface area contributed by atoms with Crippen molar-refractivity contribution in [3.8, 4) is 5.75 Å². The van der Waals surface area contributed by atoms with Gasteiger partial charge in [0, 0.05) is 7.05 Å². The summed E-state index contributed by atoms with van der Waals surface area (Å²) in [7, 11) is -1.17. The Morgan fingerprint density at radius 3 is 2.29 bits per heavy atom. The number of sulfonamides is 1. The lowest BCUT2D eigenvalue weighted by molar-refractivity contribution is 0.0601. The summed E-state index contributed by atoms with van der Waals surface area (Å²) in [6, 6.07) is 12.5. The molecule has 2 rings (SSSR count). The highest BCUT2D eigenvalue weighted by Crippen LogP contribution is 2.27. The maximum Gasteiger partial charge on any atom is 0.340 e. The van der Waals surface area contributed by atoms with Crippen molar-refractivity contribution < 1.29 is 22.7 Å². The zero-order chi connectivity index (χ0) is 17.7. The van der Waals surface area contributed by atoms with Crippen molar-refractivity contribution in [1.29, 1.82) is 0 Å². The molecule has 0 N–H and O–H groups in total. The highest BCUT2D eigenvalue weighted by Gasteiger charge is 2.25. The normalized spacial score (nSPS) is 11.0. The van der Waals surface area contributed by atoms with Crippen LogP contribution in [0.1, 0.15) is 17.3 Å². The highest BCUT2D eigenvalue weighted by molar-refractivity contribution is 7.92. The number of ether oxygens (including phenoxy) is 2. The van der Waals surface area contributed by atoms with Crippen LogP contribution in [-0.2, 0) is 14.8 Å². The number of methoxy groups -OCH3 is 1. The molecule has 2 aromatic carbocycles. The lowest BCUT2D eigenvalue weighted by Crippen LogP contribution is -2.28. The molecular weight excluding hydrogens is 330 g/mol. The monoisotopic (exact) mass is 349 g/mol. The van der Waals surface area contributed by atoms with Crippen molar-refractivity contribution in [2.75, 3.05) is 25.1 Å². The lowest BCUT2D eigenvalue weighted by Gasteiger charge is -2.21. The van der Waals surface area contributed by atoms with E-state index in [1.807, 2.05) is 6.92 Å². The number of hydrogen-bond donors (Lipinski definition) is 0. The van der Waals surface area contributed by atoms with Gasteiger partial charge < -0.3 is 9.47 Å². The molecular formula is C17H19NO5S. The number of carbonyl (C=O) groups is 1. The molecule has 0 saturated carbocycles. The molecule has 0 aliphatic heterocycles. The van der Waals surface area contributed by atoms with Gasteiger partial charge in [0.2, 0.25) is 0 Å². The summed E-state index contributed by atoms with van der Waals surface area (Å²) in [4.78, 5) is 12.0. The third-order valence-electron chi connectivity index (χ3n) is 3.44. The molecule has 7 heteroatoms. The van der Waals surface area contributed by atoms with Crippen molar-refractivity contribution in [2.45, 2.75) is 11.8 Å². The summed E-state index contributed by atoms with van der Waals surface area (Å²) in [5.41, 5.74) is 0.426. The minimum atomic E-state index is -3.82. The van der Waals surface area contributed by atoms with Crippen molar-refractivity contribution >= 4 is 21.7 Å².